The van der Waals surface area contributed by atoms with Crippen molar-refractivity contribution in [1.29, 1.82) is 0 Å². The average molecular weight is 396 g/mol. The molecule has 3 rings (SSSR count). The number of amides is 3. The van der Waals surface area contributed by atoms with E-state index < -0.39 is 0 Å². The maximum atomic E-state index is 12.9. The quantitative estimate of drug-likeness (QED) is 0.700. The number of ether oxygens (including phenoxy) is 2. The monoisotopic (exact) mass is 396 g/mol. The molecule has 0 bridgehead atoms. The third-order valence-corrected chi connectivity index (χ3v) is 4.71. The predicted octanol–water partition coefficient (Wildman–Crippen LogP) is 4.46. The van der Waals surface area contributed by atoms with Crippen LogP contribution in [0.5, 0.6) is 11.5 Å². The number of aryl methyl sites for hydroxylation is 2. The third kappa shape index (κ3) is 4.53. The maximum absolute atomic E-state index is 12.9. The fourth-order valence-electron chi connectivity index (χ4n) is 3.44. The Morgan fingerprint density at radius 2 is 1.59 bits per heavy atom. The van der Waals surface area contributed by atoms with Gasteiger partial charge in [0.2, 0.25) is 0 Å². The van der Waals surface area contributed by atoms with Gasteiger partial charge in [0, 0.05) is 5.69 Å². The minimum absolute atomic E-state index is 0.0361. The topological polar surface area (TPSA) is 59.1 Å². The van der Waals surface area contributed by atoms with E-state index in [0.29, 0.717) is 11.4 Å². The normalized spacial score (nSPS) is 14.6. The zero-order chi connectivity index (χ0) is 21.3. The van der Waals surface area contributed by atoms with E-state index in [2.05, 4.69) is 0 Å². The second-order valence-electron chi connectivity index (χ2n) is 8.32. The summed E-state index contributed by atoms with van der Waals surface area (Å²) in [6.07, 6.45) is 0. The zero-order valence-corrected chi connectivity index (χ0v) is 17.9. The molecule has 1 aliphatic rings. The summed E-state index contributed by atoms with van der Waals surface area (Å²) in [5, 5.41) is 0. The van der Waals surface area contributed by atoms with E-state index in [1.54, 1.807) is 31.4 Å². The largest absolute Gasteiger partial charge is 0.497 e. The van der Waals surface area contributed by atoms with Gasteiger partial charge in [0.05, 0.1) is 13.7 Å². The number of urea groups is 1. The molecule has 1 aliphatic heterocycles. The second kappa shape index (κ2) is 7.78. The minimum atomic E-state index is -0.314. The van der Waals surface area contributed by atoms with E-state index in [0.717, 1.165) is 22.4 Å². The molecular formula is C23H28N2O4. The van der Waals surface area contributed by atoms with Gasteiger partial charge >= 0.3 is 6.03 Å². The van der Waals surface area contributed by atoms with E-state index in [9.17, 15) is 9.59 Å². The molecule has 0 atom stereocenters. The lowest BCUT2D eigenvalue weighted by atomic mass is 10.0. The Hall–Kier alpha value is -3.02. The fraction of sp³-hybridized carbons (Fsp3) is 0.391. The predicted molar refractivity (Wildman–Crippen MR) is 113 cm³/mol. The number of anilines is 1. The van der Waals surface area contributed by atoms with Crippen LogP contribution in [0.4, 0.5) is 10.5 Å². The Morgan fingerprint density at radius 3 is 2.10 bits per heavy atom. The van der Waals surface area contributed by atoms with Crippen molar-refractivity contribution >= 4 is 17.6 Å². The van der Waals surface area contributed by atoms with Gasteiger partial charge in [-0.2, -0.15) is 0 Å². The third-order valence-electron chi connectivity index (χ3n) is 4.71. The summed E-state index contributed by atoms with van der Waals surface area (Å²) < 4.78 is 11.2. The molecule has 0 radical (unpaired) electrons. The molecule has 1 saturated heterocycles. The first-order valence-electron chi connectivity index (χ1n) is 9.64. The lowest BCUT2D eigenvalue weighted by Crippen LogP contribution is -2.32. The smallest absolute Gasteiger partial charge is 0.332 e. The molecule has 29 heavy (non-hydrogen) atoms. The summed E-state index contributed by atoms with van der Waals surface area (Å²) in [4.78, 5) is 28.2. The molecule has 0 saturated carbocycles. The van der Waals surface area contributed by atoms with Crippen LogP contribution in [-0.2, 0) is 11.3 Å². The number of carbonyl (C=O) groups is 2. The Bertz CT molecular complexity index is 906. The highest BCUT2D eigenvalue weighted by Crippen LogP contribution is 2.30. The van der Waals surface area contributed by atoms with Gasteiger partial charge in [-0.3, -0.25) is 14.6 Å². The van der Waals surface area contributed by atoms with Gasteiger partial charge in [0.15, 0.2) is 0 Å². The van der Waals surface area contributed by atoms with Crippen LogP contribution in [0.2, 0.25) is 0 Å². The van der Waals surface area contributed by atoms with E-state index >= 15 is 0 Å². The van der Waals surface area contributed by atoms with Crippen molar-refractivity contribution in [3.63, 3.8) is 0 Å². The van der Waals surface area contributed by atoms with E-state index in [-0.39, 0.29) is 30.6 Å². The zero-order valence-electron chi connectivity index (χ0n) is 17.9. The maximum Gasteiger partial charge on any atom is 0.332 e. The van der Waals surface area contributed by atoms with Crippen LogP contribution in [-0.4, -0.2) is 36.1 Å². The summed E-state index contributed by atoms with van der Waals surface area (Å²) in [6.45, 7) is 10.3. The van der Waals surface area contributed by atoms with Crippen LogP contribution in [0.25, 0.3) is 0 Å². The van der Waals surface area contributed by atoms with Crippen molar-refractivity contribution in [2.75, 3.05) is 18.6 Å². The van der Waals surface area contributed by atoms with Crippen molar-refractivity contribution in [3.8, 4) is 11.5 Å². The molecule has 2 aromatic rings. The lowest BCUT2D eigenvalue weighted by Gasteiger charge is -2.25. The summed E-state index contributed by atoms with van der Waals surface area (Å²) >= 11 is 0. The number of nitrogens with zero attached hydrogens (tertiary/aromatic N) is 2. The first kappa shape index (κ1) is 20.7. The molecular weight excluding hydrogens is 368 g/mol. The van der Waals surface area contributed by atoms with Crippen LogP contribution < -0.4 is 14.4 Å². The number of imide groups is 1. The molecule has 6 nitrogen and oxygen atoms in total. The summed E-state index contributed by atoms with van der Waals surface area (Å²) in [5.41, 5.74) is 3.26. The number of carbonyl (C=O) groups excluding carboxylic acids is 2. The molecule has 0 spiro atoms. The van der Waals surface area contributed by atoms with Crippen LogP contribution in [0.3, 0.4) is 0 Å². The van der Waals surface area contributed by atoms with Crippen molar-refractivity contribution in [2.24, 2.45) is 0 Å². The minimum Gasteiger partial charge on any atom is -0.497 e. The molecule has 0 N–H and O–H groups in total. The second-order valence-corrected chi connectivity index (χ2v) is 8.32. The van der Waals surface area contributed by atoms with Crippen molar-refractivity contribution in [3.05, 3.63) is 53.1 Å². The summed E-state index contributed by atoms with van der Waals surface area (Å²) in [6, 6.07) is 10.7. The molecule has 0 aliphatic carbocycles. The SMILES string of the molecule is COc1ccc(N2CC(=O)N(Cc3cc(C)c(OC(C)(C)C)c(C)c3)C2=O)cc1. The molecule has 6 heteroatoms. The van der Waals surface area contributed by atoms with Gasteiger partial charge in [-0.05, 0) is 75.6 Å². The molecule has 2 aromatic carbocycles. The summed E-state index contributed by atoms with van der Waals surface area (Å²) in [5.74, 6) is 1.34. The molecule has 0 unspecified atom stereocenters. The van der Waals surface area contributed by atoms with E-state index in [1.165, 1.54) is 9.80 Å². The van der Waals surface area contributed by atoms with Crippen LogP contribution in [0, 0.1) is 13.8 Å². The number of rotatable bonds is 5. The molecule has 1 fully saturated rings. The first-order chi connectivity index (χ1) is 13.6. The van der Waals surface area contributed by atoms with Gasteiger partial charge < -0.3 is 9.47 Å². The molecule has 3 amide bonds. The highest BCUT2D eigenvalue weighted by Gasteiger charge is 2.37. The summed E-state index contributed by atoms with van der Waals surface area (Å²) in [7, 11) is 1.59. The number of methoxy groups -OCH3 is 1. The molecule has 154 valence electrons. The Labute approximate surface area is 172 Å². The Balaban J connectivity index is 1.79. The van der Waals surface area contributed by atoms with Gasteiger partial charge in [-0.25, -0.2) is 4.79 Å². The number of benzene rings is 2. The van der Waals surface area contributed by atoms with Crippen LogP contribution in [0.15, 0.2) is 36.4 Å². The highest BCUT2D eigenvalue weighted by atomic mass is 16.5. The Morgan fingerprint density at radius 1 is 1.00 bits per heavy atom. The number of hydrogen-bond acceptors (Lipinski definition) is 4. The molecule has 1 heterocycles. The van der Waals surface area contributed by atoms with Gasteiger partial charge in [-0.1, -0.05) is 12.1 Å². The van der Waals surface area contributed by atoms with Crippen LogP contribution >= 0.6 is 0 Å². The van der Waals surface area contributed by atoms with Crippen LogP contribution in [0.1, 0.15) is 37.5 Å². The lowest BCUT2D eigenvalue weighted by molar-refractivity contribution is -0.125. The van der Waals surface area contributed by atoms with Crippen molar-refractivity contribution in [2.45, 2.75) is 46.8 Å². The van der Waals surface area contributed by atoms with E-state index in [1.807, 2.05) is 46.8 Å². The van der Waals surface area contributed by atoms with Gasteiger partial charge in [0.25, 0.3) is 5.91 Å². The fourth-order valence-corrected chi connectivity index (χ4v) is 3.44. The van der Waals surface area contributed by atoms with Gasteiger partial charge in [0.1, 0.15) is 23.6 Å². The standard InChI is InChI=1S/C23H28N2O4/c1-15-11-17(12-16(2)21(15)29-23(3,4)5)13-25-20(26)14-24(22(25)27)18-7-9-19(28-6)10-8-18/h7-12H,13-14H2,1-6H3. The molecule has 0 aromatic heterocycles. The van der Waals surface area contributed by atoms with Crippen molar-refractivity contribution < 1.29 is 19.1 Å². The number of hydrogen-bond donors (Lipinski definition) is 0. The van der Waals surface area contributed by atoms with Gasteiger partial charge in [-0.15, -0.1) is 0 Å². The average Bonchev–Trinajstić information content (AvgIpc) is 2.92. The van der Waals surface area contributed by atoms with E-state index in [4.69, 9.17) is 9.47 Å². The van der Waals surface area contributed by atoms with Crippen molar-refractivity contribution in [1.82, 2.24) is 4.90 Å². The highest BCUT2D eigenvalue weighted by molar-refractivity contribution is 6.12. The first-order valence-corrected chi connectivity index (χ1v) is 9.64. The Kier molecular flexibility index (Phi) is 5.55.